The summed E-state index contributed by atoms with van der Waals surface area (Å²) in [5, 5.41) is 23.1. The van der Waals surface area contributed by atoms with Crippen molar-refractivity contribution >= 4 is 23.4 Å². The largest absolute Gasteiger partial charge is 0.465 e. The number of thiocarbonyl (C=S) groups is 1. The lowest BCUT2D eigenvalue weighted by Crippen LogP contribution is -2.47. The number of aliphatic hydroxyl groups excluding tert-OH is 1. The first kappa shape index (κ1) is 12.2. The fraction of sp³-hybridized carbons (Fsp3) is 0.778. The minimum Gasteiger partial charge on any atom is -0.465 e. The van der Waals surface area contributed by atoms with Crippen molar-refractivity contribution < 1.29 is 15.0 Å². The van der Waals surface area contributed by atoms with Crippen LogP contribution in [0.5, 0.6) is 0 Å². The molecule has 1 aliphatic carbocycles. The van der Waals surface area contributed by atoms with Gasteiger partial charge in [-0.3, -0.25) is 5.32 Å². The Bertz CT molecular complexity index is 260. The molecule has 0 radical (unpaired) electrons. The maximum absolute atomic E-state index is 10.3. The van der Waals surface area contributed by atoms with Gasteiger partial charge in [0.15, 0.2) is 5.11 Å². The van der Waals surface area contributed by atoms with Gasteiger partial charge in [-0.25, -0.2) is 4.79 Å². The summed E-state index contributed by atoms with van der Waals surface area (Å²) in [5.74, 6) is 0.226. The van der Waals surface area contributed by atoms with Crippen molar-refractivity contribution in [2.45, 2.75) is 38.3 Å². The molecule has 15 heavy (non-hydrogen) atoms. The molecule has 1 amide bonds. The second-order valence-electron chi connectivity index (χ2n) is 3.96. The van der Waals surface area contributed by atoms with E-state index < -0.39 is 6.09 Å². The van der Waals surface area contributed by atoms with Gasteiger partial charge in [0.2, 0.25) is 0 Å². The molecular formula is C9H16N2O3S. The minimum absolute atomic E-state index is 0.135. The van der Waals surface area contributed by atoms with E-state index in [1.165, 1.54) is 0 Å². The van der Waals surface area contributed by atoms with Crippen LogP contribution in [0.15, 0.2) is 0 Å². The molecule has 0 aromatic rings. The van der Waals surface area contributed by atoms with E-state index in [4.69, 9.17) is 17.3 Å². The Balaban J connectivity index is 2.33. The highest BCUT2D eigenvalue weighted by atomic mass is 32.1. The summed E-state index contributed by atoms with van der Waals surface area (Å²) < 4.78 is 0. The van der Waals surface area contributed by atoms with E-state index in [9.17, 15) is 9.90 Å². The van der Waals surface area contributed by atoms with Crippen LogP contribution in [0, 0.1) is 5.92 Å². The smallest absolute Gasteiger partial charge is 0.410 e. The van der Waals surface area contributed by atoms with E-state index in [2.05, 4.69) is 10.6 Å². The third kappa shape index (κ3) is 4.01. The molecule has 1 rings (SSSR count). The van der Waals surface area contributed by atoms with E-state index in [-0.39, 0.29) is 23.2 Å². The molecule has 0 saturated heterocycles. The molecular weight excluding hydrogens is 216 g/mol. The fourth-order valence-corrected chi connectivity index (χ4v) is 2.08. The second kappa shape index (κ2) is 5.27. The van der Waals surface area contributed by atoms with Gasteiger partial charge in [-0.05, 0) is 37.4 Å². The summed E-state index contributed by atoms with van der Waals surface area (Å²) in [6, 6.07) is 0.155. The van der Waals surface area contributed by atoms with Crippen molar-refractivity contribution in [2.75, 3.05) is 0 Å². The first-order valence-corrected chi connectivity index (χ1v) is 5.38. The Morgan fingerprint density at radius 3 is 2.67 bits per heavy atom. The molecule has 1 saturated carbocycles. The van der Waals surface area contributed by atoms with Crippen LogP contribution in [0.25, 0.3) is 0 Å². The number of carbonyl (C=O) groups is 1. The Morgan fingerprint density at radius 1 is 1.47 bits per heavy atom. The molecule has 0 aliphatic heterocycles. The summed E-state index contributed by atoms with van der Waals surface area (Å²) in [7, 11) is 0. The van der Waals surface area contributed by atoms with E-state index in [0.29, 0.717) is 0 Å². The zero-order chi connectivity index (χ0) is 11.4. The molecule has 86 valence electrons. The van der Waals surface area contributed by atoms with Crippen LogP contribution >= 0.6 is 12.2 Å². The first-order chi connectivity index (χ1) is 6.99. The average molecular weight is 232 g/mol. The molecule has 6 heteroatoms. The molecule has 0 aromatic heterocycles. The molecule has 1 aliphatic rings. The highest BCUT2D eigenvalue weighted by Crippen LogP contribution is 2.24. The van der Waals surface area contributed by atoms with Crippen LogP contribution in [-0.4, -0.2) is 33.6 Å². The van der Waals surface area contributed by atoms with Crippen molar-refractivity contribution in [1.29, 1.82) is 0 Å². The van der Waals surface area contributed by atoms with Crippen LogP contribution in [0.2, 0.25) is 0 Å². The van der Waals surface area contributed by atoms with Gasteiger partial charge < -0.3 is 15.5 Å². The summed E-state index contributed by atoms with van der Waals surface area (Å²) >= 11 is 4.81. The van der Waals surface area contributed by atoms with Crippen molar-refractivity contribution in [3.8, 4) is 0 Å². The van der Waals surface area contributed by atoms with Crippen molar-refractivity contribution in [2.24, 2.45) is 5.92 Å². The number of rotatable bonds is 1. The standard InChI is InChI=1S/C9H16N2O3S/c1-5-4-6(2-3-7(5)12)10-8(15)11-9(13)14/h5-7,12H,2-4H2,1H3,(H,13,14)(H2,10,11,15). The summed E-state index contributed by atoms with van der Waals surface area (Å²) in [6.07, 6.45) is 0.949. The van der Waals surface area contributed by atoms with Crippen LogP contribution in [0.3, 0.4) is 0 Å². The maximum Gasteiger partial charge on any atom is 0.410 e. The van der Waals surface area contributed by atoms with Gasteiger partial charge in [0, 0.05) is 6.04 Å². The number of carboxylic acid groups (broad SMARTS) is 1. The van der Waals surface area contributed by atoms with Gasteiger partial charge >= 0.3 is 6.09 Å². The van der Waals surface area contributed by atoms with Gasteiger partial charge in [0.05, 0.1) is 6.10 Å². The Kier molecular flexibility index (Phi) is 4.28. The van der Waals surface area contributed by atoms with E-state index in [1.54, 1.807) is 0 Å². The van der Waals surface area contributed by atoms with Gasteiger partial charge in [-0.1, -0.05) is 6.92 Å². The second-order valence-corrected chi connectivity index (χ2v) is 4.37. The van der Waals surface area contributed by atoms with Crippen LogP contribution in [-0.2, 0) is 0 Å². The fourth-order valence-electron chi connectivity index (χ4n) is 1.83. The van der Waals surface area contributed by atoms with Crippen molar-refractivity contribution in [3.63, 3.8) is 0 Å². The predicted molar refractivity (Wildman–Crippen MR) is 59.7 cm³/mol. The Morgan fingerprint density at radius 2 is 2.13 bits per heavy atom. The zero-order valence-electron chi connectivity index (χ0n) is 8.56. The molecule has 4 N–H and O–H groups in total. The third-order valence-corrected chi connectivity index (χ3v) is 2.90. The van der Waals surface area contributed by atoms with Crippen LogP contribution < -0.4 is 10.6 Å². The molecule has 1 fully saturated rings. The normalized spacial score (nSPS) is 30.7. The topological polar surface area (TPSA) is 81.6 Å². The first-order valence-electron chi connectivity index (χ1n) is 4.97. The van der Waals surface area contributed by atoms with Crippen molar-refractivity contribution in [1.82, 2.24) is 10.6 Å². The lowest BCUT2D eigenvalue weighted by molar-refractivity contribution is 0.0691. The quantitative estimate of drug-likeness (QED) is 0.500. The van der Waals surface area contributed by atoms with E-state index >= 15 is 0 Å². The molecule has 5 nitrogen and oxygen atoms in total. The number of hydrogen-bond donors (Lipinski definition) is 4. The monoisotopic (exact) mass is 232 g/mol. The Hall–Kier alpha value is -0.880. The van der Waals surface area contributed by atoms with Gasteiger partial charge in [-0.15, -0.1) is 0 Å². The molecule has 0 heterocycles. The molecule has 0 spiro atoms. The van der Waals surface area contributed by atoms with Gasteiger partial charge in [0.25, 0.3) is 0 Å². The maximum atomic E-state index is 10.3. The predicted octanol–water partition coefficient (Wildman–Crippen LogP) is 0.678. The highest BCUT2D eigenvalue weighted by Gasteiger charge is 2.26. The molecule has 0 bridgehead atoms. The number of aliphatic hydroxyl groups is 1. The number of amides is 1. The zero-order valence-corrected chi connectivity index (χ0v) is 9.38. The number of nitrogens with one attached hydrogen (secondary N) is 2. The van der Waals surface area contributed by atoms with Gasteiger partial charge in [-0.2, -0.15) is 0 Å². The SMILES string of the molecule is CC1CC(NC(=S)NC(=O)O)CCC1O. The molecule has 0 aromatic carbocycles. The lowest BCUT2D eigenvalue weighted by Gasteiger charge is -2.31. The van der Waals surface area contributed by atoms with Crippen LogP contribution in [0.1, 0.15) is 26.2 Å². The number of hydrogen-bond acceptors (Lipinski definition) is 3. The van der Waals surface area contributed by atoms with Crippen LogP contribution in [0.4, 0.5) is 4.79 Å². The summed E-state index contributed by atoms with van der Waals surface area (Å²) in [6.45, 7) is 1.98. The third-order valence-electron chi connectivity index (χ3n) is 2.68. The highest BCUT2D eigenvalue weighted by molar-refractivity contribution is 7.80. The summed E-state index contributed by atoms with van der Waals surface area (Å²) in [4.78, 5) is 10.3. The molecule has 3 atom stereocenters. The Labute approximate surface area is 93.9 Å². The molecule has 3 unspecified atom stereocenters. The summed E-state index contributed by atoms with van der Waals surface area (Å²) in [5.41, 5.74) is 0. The minimum atomic E-state index is -1.16. The van der Waals surface area contributed by atoms with Crippen molar-refractivity contribution in [3.05, 3.63) is 0 Å². The van der Waals surface area contributed by atoms with Gasteiger partial charge in [0.1, 0.15) is 0 Å². The lowest BCUT2D eigenvalue weighted by atomic mass is 9.85. The average Bonchev–Trinajstić information content (AvgIpc) is 2.10. The van der Waals surface area contributed by atoms with E-state index in [0.717, 1.165) is 19.3 Å². The van der Waals surface area contributed by atoms with E-state index in [1.807, 2.05) is 6.92 Å².